The number of carboxylic acids is 1. The van der Waals surface area contributed by atoms with Gasteiger partial charge in [0.25, 0.3) is 5.56 Å². The lowest BCUT2D eigenvalue weighted by Crippen LogP contribution is -2.40. The average molecular weight is 641 g/mol. The molecule has 3 heterocycles. The molecule has 6 rings (SSSR count). The number of hydrogen-bond acceptors (Lipinski definition) is 8. The van der Waals surface area contributed by atoms with Gasteiger partial charge in [0.2, 0.25) is 0 Å². The van der Waals surface area contributed by atoms with Crippen molar-refractivity contribution < 1.29 is 28.6 Å². The van der Waals surface area contributed by atoms with E-state index in [2.05, 4.69) is 0 Å². The third kappa shape index (κ3) is 5.73. The van der Waals surface area contributed by atoms with Crippen molar-refractivity contribution in [3.63, 3.8) is 0 Å². The third-order valence-electron chi connectivity index (χ3n) is 7.16. The van der Waals surface area contributed by atoms with Gasteiger partial charge >= 0.3 is 11.9 Å². The Morgan fingerprint density at radius 3 is 2.60 bits per heavy atom. The maximum atomic E-state index is 14.1. The minimum atomic E-state index is -1.09. The number of nitrogens with zero attached hydrogens (tertiary/aromatic N) is 2. The number of aromatic carboxylic acids is 1. The van der Waals surface area contributed by atoms with E-state index in [0.717, 1.165) is 11.3 Å². The Kier molecular flexibility index (Phi) is 8.25. The number of fused-ring (bicyclic) bond motifs is 1. The fourth-order valence-corrected chi connectivity index (χ4v) is 6.31. The highest BCUT2D eigenvalue weighted by molar-refractivity contribution is 7.07. The van der Waals surface area contributed by atoms with Crippen molar-refractivity contribution in [1.82, 2.24) is 4.57 Å². The van der Waals surface area contributed by atoms with Gasteiger partial charge in [-0.3, -0.25) is 9.36 Å². The topological polar surface area (TPSA) is 120 Å². The van der Waals surface area contributed by atoms with Crippen molar-refractivity contribution in [1.29, 1.82) is 0 Å². The number of esters is 1. The van der Waals surface area contributed by atoms with Crippen molar-refractivity contribution in [3.8, 4) is 17.1 Å². The summed E-state index contributed by atoms with van der Waals surface area (Å²) in [5.41, 5.74) is 2.05. The number of ether oxygens (including phenoxy) is 2. The molecule has 45 heavy (non-hydrogen) atoms. The molecule has 5 aromatic rings. The summed E-state index contributed by atoms with van der Waals surface area (Å²) < 4.78 is 18.8. The SMILES string of the molecule is CCOC(=O)C1=C(c2ccccc2)N=c2s/c(=C\c3ccc(-c4cc(C(=O)O)ccc4Cl)o3)c(=O)n2[C@H]1c1cccc(OC)c1. The Morgan fingerprint density at radius 1 is 1.07 bits per heavy atom. The lowest BCUT2D eigenvalue weighted by molar-refractivity contribution is -0.138. The van der Waals surface area contributed by atoms with E-state index in [1.165, 1.54) is 22.8 Å². The van der Waals surface area contributed by atoms with Crippen molar-refractivity contribution in [3.05, 3.63) is 138 Å². The number of benzene rings is 3. The van der Waals surface area contributed by atoms with Crippen molar-refractivity contribution in [2.45, 2.75) is 13.0 Å². The van der Waals surface area contributed by atoms with Gasteiger partial charge in [0.1, 0.15) is 17.3 Å². The van der Waals surface area contributed by atoms with E-state index in [1.54, 1.807) is 50.4 Å². The zero-order valence-corrected chi connectivity index (χ0v) is 25.6. The van der Waals surface area contributed by atoms with Gasteiger partial charge in [-0.05, 0) is 55.0 Å². The number of thiazole rings is 1. The quantitative estimate of drug-likeness (QED) is 0.221. The molecule has 11 heteroatoms. The molecule has 0 fully saturated rings. The van der Waals surface area contributed by atoms with Crippen molar-refractivity contribution in [2.24, 2.45) is 4.99 Å². The number of carbonyl (C=O) groups excluding carboxylic acids is 1. The van der Waals surface area contributed by atoms with Crippen LogP contribution in [0.4, 0.5) is 0 Å². The second-order valence-electron chi connectivity index (χ2n) is 9.91. The largest absolute Gasteiger partial charge is 0.497 e. The summed E-state index contributed by atoms with van der Waals surface area (Å²) in [4.78, 5) is 44.5. The zero-order chi connectivity index (χ0) is 31.7. The molecule has 226 valence electrons. The Labute approximate surface area is 265 Å². The number of hydrogen-bond donors (Lipinski definition) is 1. The van der Waals surface area contributed by atoms with Gasteiger partial charge in [0.05, 0.1) is 46.1 Å². The highest BCUT2D eigenvalue weighted by Gasteiger charge is 2.35. The summed E-state index contributed by atoms with van der Waals surface area (Å²) in [5.74, 6) is -0.433. The molecule has 2 aromatic heterocycles. The fraction of sp³-hybridized carbons (Fsp3) is 0.118. The van der Waals surface area contributed by atoms with E-state index in [1.807, 2.05) is 36.4 Å². The maximum absolute atomic E-state index is 14.1. The first-order valence-electron chi connectivity index (χ1n) is 13.8. The summed E-state index contributed by atoms with van der Waals surface area (Å²) in [5, 5.41) is 9.72. The highest BCUT2D eigenvalue weighted by atomic mass is 35.5. The second kappa shape index (κ2) is 12.4. The number of carbonyl (C=O) groups is 2. The van der Waals surface area contributed by atoms with E-state index >= 15 is 0 Å². The fourth-order valence-electron chi connectivity index (χ4n) is 5.12. The lowest BCUT2D eigenvalue weighted by Gasteiger charge is -2.26. The second-order valence-corrected chi connectivity index (χ2v) is 11.3. The van der Waals surface area contributed by atoms with Gasteiger partial charge in [-0.1, -0.05) is 65.4 Å². The molecule has 0 spiro atoms. The van der Waals surface area contributed by atoms with Crippen molar-refractivity contribution in [2.75, 3.05) is 13.7 Å². The van der Waals surface area contributed by atoms with E-state index in [9.17, 15) is 19.5 Å². The van der Waals surface area contributed by atoms with Gasteiger partial charge in [-0.15, -0.1) is 0 Å². The van der Waals surface area contributed by atoms with Crippen LogP contribution >= 0.6 is 22.9 Å². The predicted molar refractivity (Wildman–Crippen MR) is 170 cm³/mol. The molecule has 1 aliphatic heterocycles. The number of aromatic nitrogens is 1. The molecule has 0 bridgehead atoms. The predicted octanol–water partition coefficient (Wildman–Crippen LogP) is 5.56. The van der Waals surface area contributed by atoms with E-state index < -0.39 is 18.0 Å². The maximum Gasteiger partial charge on any atom is 0.338 e. The number of rotatable bonds is 8. The summed E-state index contributed by atoms with van der Waals surface area (Å²) in [7, 11) is 1.55. The number of halogens is 1. The average Bonchev–Trinajstić information content (AvgIpc) is 3.64. The van der Waals surface area contributed by atoms with Gasteiger partial charge < -0.3 is 19.0 Å². The van der Waals surface area contributed by atoms with Crippen LogP contribution in [0, 0.1) is 0 Å². The molecule has 0 unspecified atom stereocenters. The normalized spacial score (nSPS) is 14.6. The van der Waals surface area contributed by atoms with Crippen LogP contribution in [-0.2, 0) is 9.53 Å². The molecule has 1 atom stereocenters. The minimum Gasteiger partial charge on any atom is -0.497 e. The van der Waals surface area contributed by atoms with Crippen LogP contribution < -0.4 is 19.6 Å². The first-order chi connectivity index (χ1) is 21.8. The zero-order valence-electron chi connectivity index (χ0n) is 24.0. The monoisotopic (exact) mass is 640 g/mol. The van der Waals surface area contributed by atoms with Gasteiger partial charge in [-0.2, -0.15) is 0 Å². The van der Waals surface area contributed by atoms with Crippen LogP contribution in [0.1, 0.15) is 40.2 Å². The van der Waals surface area contributed by atoms with Gasteiger partial charge in [0.15, 0.2) is 4.80 Å². The molecule has 0 saturated carbocycles. The molecule has 9 nitrogen and oxygen atoms in total. The van der Waals surface area contributed by atoms with Crippen LogP contribution in [0.2, 0.25) is 5.02 Å². The summed E-state index contributed by atoms with van der Waals surface area (Å²) in [6.07, 6.45) is 1.58. The Bertz CT molecular complexity index is 2160. The van der Waals surface area contributed by atoms with E-state index in [4.69, 9.17) is 30.5 Å². The van der Waals surface area contributed by atoms with Crippen LogP contribution in [0.5, 0.6) is 5.75 Å². The number of methoxy groups -OCH3 is 1. The van der Waals surface area contributed by atoms with Crippen LogP contribution in [-0.4, -0.2) is 35.3 Å². The molecule has 0 saturated heterocycles. The standard InChI is InChI=1S/C34H25ClN2O7S/c1-3-43-33(41)28-29(19-8-5-4-6-9-19)36-34-37(30(28)20-10-7-11-22(16-20)42-2)31(38)27(45-34)18-23-13-15-26(44-23)24-17-21(32(39)40)12-14-25(24)35/h4-18,30H,3H2,1-2H3,(H,39,40)/b27-18-/t30-/m0/s1. The Balaban J connectivity index is 1.55. The molecule has 1 N–H and O–H groups in total. The summed E-state index contributed by atoms with van der Waals surface area (Å²) in [6.45, 7) is 1.86. The number of furan rings is 1. The molecular formula is C34H25ClN2O7S. The molecular weight excluding hydrogens is 616 g/mol. The van der Waals surface area contributed by atoms with Crippen molar-refractivity contribution >= 4 is 46.6 Å². The molecule has 1 aliphatic rings. The van der Waals surface area contributed by atoms with Gasteiger partial charge in [-0.25, -0.2) is 14.6 Å². The lowest BCUT2D eigenvalue weighted by atomic mass is 9.93. The molecule has 0 aliphatic carbocycles. The van der Waals surface area contributed by atoms with Crippen LogP contribution in [0.25, 0.3) is 23.1 Å². The summed E-state index contributed by atoms with van der Waals surface area (Å²) >= 11 is 7.49. The van der Waals surface area contributed by atoms with E-state index in [-0.39, 0.29) is 23.3 Å². The Morgan fingerprint density at radius 2 is 1.87 bits per heavy atom. The molecule has 0 radical (unpaired) electrons. The molecule has 0 amide bonds. The number of carboxylic acid groups (broad SMARTS) is 1. The minimum absolute atomic E-state index is 0.0600. The van der Waals surface area contributed by atoms with Crippen LogP contribution in [0.3, 0.4) is 0 Å². The van der Waals surface area contributed by atoms with Crippen LogP contribution in [0.15, 0.2) is 105 Å². The van der Waals surface area contributed by atoms with Gasteiger partial charge in [0, 0.05) is 17.2 Å². The van der Waals surface area contributed by atoms with E-state index in [0.29, 0.717) is 54.0 Å². The first kappa shape index (κ1) is 29.9. The Hall–Kier alpha value is -5.19. The highest BCUT2D eigenvalue weighted by Crippen LogP contribution is 2.36. The summed E-state index contributed by atoms with van der Waals surface area (Å²) in [6, 6.07) is 23.2. The molecule has 3 aromatic carbocycles. The third-order valence-corrected chi connectivity index (χ3v) is 8.47. The smallest absolute Gasteiger partial charge is 0.338 e. The first-order valence-corrected chi connectivity index (χ1v) is 15.0.